The summed E-state index contributed by atoms with van der Waals surface area (Å²) in [6.07, 6.45) is 1.50. The number of aliphatic carboxylic acids is 1. The fourth-order valence-electron chi connectivity index (χ4n) is 2.85. The van der Waals surface area contributed by atoms with Crippen LogP contribution >= 0.6 is 0 Å². The Labute approximate surface area is 97.5 Å². The van der Waals surface area contributed by atoms with Gasteiger partial charge in [0.1, 0.15) is 6.54 Å². The molecule has 0 radical (unpaired) electrons. The molecule has 0 spiro atoms. The molecule has 94 valence electrons. The Bertz CT molecular complexity index is 232. The lowest BCUT2D eigenvalue weighted by molar-refractivity contribution is -0.936. The van der Waals surface area contributed by atoms with Crippen LogP contribution in [0.5, 0.6) is 0 Å². The van der Waals surface area contributed by atoms with Crippen molar-refractivity contribution in [3.05, 3.63) is 0 Å². The van der Waals surface area contributed by atoms with E-state index in [0.717, 1.165) is 43.5 Å². The van der Waals surface area contributed by atoms with Gasteiger partial charge in [-0.15, -0.1) is 0 Å². The minimum atomic E-state index is -0.661. The van der Waals surface area contributed by atoms with Gasteiger partial charge >= 0.3 is 5.97 Å². The van der Waals surface area contributed by atoms with Gasteiger partial charge in [-0.2, -0.15) is 0 Å². The molecule has 1 rings (SSSR count). The summed E-state index contributed by atoms with van der Waals surface area (Å²) < 4.78 is 0.901. The van der Waals surface area contributed by atoms with E-state index in [2.05, 4.69) is 13.8 Å². The molecule has 1 aliphatic heterocycles. The van der Waals surface area contributed by atoms with E-state index >= 15 is 0 Å². The Morgan fingerprint density at radius 1 is 1.38 bits per heavy atom. The molecule has 0 atom stereocenters. The molecule has 1 aliphatic rings. The molecule has 0 unspecified atom stereocenters. The van der Waals surface area contributed by atoms with Crippen LogP contribution in [-0.2, 0) is 4.79 Å². The van der Waals surface area contributed by atoms with Crippen molar-refractivity contribution >= 4 is 5.97 Å². The average Bonchev–Trinajstić information content (AvgIpc) is 2.17. The highest BCUT2D eigenvalue weighted by Crippen LogP contribution is 2.25. The molecule has 0 bridgehead atoms. The van der Waals surface area contributed by atoms with Crippen molar-refractivity contribution in [3.8, 4) is 0 Å². The summed E-state index contributed by atoms with van der Waals surface area (Å²) in [6.45, 7) is 8.18. The highest BCUT2D eigenvalue weighted by Gasteiger charge is 2.36. The molecule has 0 aromatic heterocycles. The lowest BCUT2D eigenvalue weighted by Gasteiger charge is -2.43. The van der Waals surface area contributed by atoms with Crippen LogP contribution in [0.4, 0.5) is 0 Å². The number of aliphatic hydroxyl groups excluding tert-OH is 1. The Morgan fingerprint density at radius 3 is 2.31 bits per heavy atom. The van der Waals surface area contributed by atoms with Crippen molar-refractivity contribution < 1.29 is 19.5 Å². The monoisotopic (exact) mass is 230 g/mol. The summed E-state index contributed by atoms with van der Waals surface area (Å²) in [5, 5.41) is 18.1. The second-order valence-corrected chi connectivity index (χ2v) is 5.43. The topological polar surface area (TPSA) is 57.5 Å². The number of nitrogens with zero attached hydrogens (tertiary/aromatic N) is 1. The Hall–Kier alpha value is -0.610. The van der Waals surface area contributed by atoms with Gasteiger partial charge in [-0.25, -0.2) is 0 Å². The van der Waals surface area contributed by atoms with E-state index in [1.54, 1.807) is 0 Å². The van der Waals surface area contributed by atoms with Gasteiger partial charge in [0.25, 0.3) is 0 Å². The van der Waals surface area contributed by atoms with Crippen LogP contribution in [0.1, 0.15) is 26.7 Å². The van der Waals surface area contributed by atoms with Crippen LogP contribution in [0.2, 0.25) is 0 Å². The van der Waals surface area contributed by atoms with E-state index in [1.165, 1.54) is 0 Å². The van der Waals surface area contributed by atoms with Crippen molar-refractivity contribution in [2.75, 3.05) is 32.8 Å². The lowest BCUT2D eigenvalue weighted by atomic mass is 9.94. The molecule has 16 heavy (non-hydrogen) atoms. The zero-order valence-electron chi connectivity index (χ0n) is 10.4. The number of aliphatic hydroxyl groups is 1. The first-order chi connectivity index (χ1) is 7.49. The highest BCUT2D eigenvalue weighted by molar-refractivity contribution is 5.69. The molecular formula is C12H24NO3+. The van der Waals surface area contributed by atoms with Crippen molar-refractivity contribution in [2.24, 2.45) is 11.8 Å². The first-order valence-corrected chi connectivity index (χ1v) is 6.18. The summed E-state index contributed by atoms with van der Waals surface area (Å²) in [5.74, 6) is -0.239. The quantitative estimate of drug-likeness (QED) is 0.691. The molecule has 0 amide bonds. The minimum Gasteiger partial charge on any atom is -0.481 e. The molecular weight excluding hydrogens is 206 g/mol. The first kappa shape index (κ1) is 13.5. The Balaban J connectivity index is 2.58. The minimum absolute atomic E-state index is 0.169. The number of carboxylic acid groups (broad SMARTS) is 1. The summed E-state index contributed by atoms with van der Waals surface area (Å²) in [6, 6.07) is 0. The molecule has 0 aromatic rings. The normalized spacial score (nSPS) is 30.6. The third kappa shape index (κ3) is 3.46. The fourth-order valence-corrected chi connectivity index (χ4v) is 2.85. The second kappa shape index (κ2) is 5.64. The van der Waals surface area contributed by atoms with Crippen LogP contribution in [-0.4, -0.2) is 53.5 Å². The number of quaternary nitrogens is 1. The molecule has 1 fully saturated rings. The predicted molar refractivity (Wildman–Crippen MR) is 62.0 cm³/mol. The Kier molecular flexibility index (Phi) is 4.74. The van der Waals surface area contributed by atoms with Crippen LogP contribution in [0.15, 0.2) is 0 Å². The van der Waals surface area contributed by atoms with Crippen molar-refractivity contribution in [1.29, 1.82) is 0 Å². The molecule has 4 nitrogen and oxygen atoms in total. The number of carbonyl (C=O) groups is 1. The van der Waals surface area contributed by atoms with Gasteiger partial charge in [-0.1, -0.05) is 13.8 Å². The fraction of sp³-hybridized carbons (Fsp3) is 0.917. The van der Waals surface area contributed by atoms with Crippen LogP contribution in [0.25, 0.3) is 0 Å². The average molecular weight is 230 g/mol. The largest absolute Gasteiger partial charge is 0.481 e. The van der Waals surface area contributed by atoms with Crippen LogP contribution in [0, 0.1) is 11.8 Å². The van der Waals surface area contributed by atoms with E-state index in [0.29, 0.717) is 5.92 Å². The van der Waals surface area contributed by atoms with Gasteiger partial charge in [0.15, 0.2) is 0 Å². The number of hydrogen-bond acceptors (Lipinski definition) is 2. The summed E-state index contributed by atoms with van der Waals surface area (Å²) >= 11 is 0. The smallest absolute Gasteiger partial charge is 0.306 e. The van der Waals surface area contributed by atoms with Gasteiger partial charge in [-0.3, -0.25) is 4.79 Å². The second-order valence-electron chi connectivity index (χ2n) is 5.43. The number of piperidine rings is 1. The maximum atomic E-state index is 10.9. The zero-order chi connectivity index (χ0) is 12.2. The molecule has 0 aliphatic carbocycles. The molecule has 0 aromatic carbocycles. The van der Waals surface area contributed by atoms with Crippen molar-refractivity contribution in [2.45, 2.75) is 26.7 Å². The standard InChI is InChI=1S/C12H23NO3/c1-10(2)9-13(7-8-14)5-3-11(4-6-13)12(15)16/h10-11,14H,3-9H2,1-2H3/p+1. The van der Waals surface area contributed by atoms with Crippen LogP contribution in [0.3, 0.4) is 0 Å². The molecule has 0 saturated carbocycles. The molecule has 1 heterocycles. The summed E-state index contributed by atoms with van der Waals surface area (Å²) in [7, 11) is 0. The van der Waals surface area contributed by atoms with Gasteiger partial charge < -0.3 is 14.7 Å². The number of likely N-dealkylation sites (tertiary alicyclic amines) is 1. The predicted octanol–water partition coefficient (Wildman–Crippen LogP) is 0.946. The van der Waals surface area contributed by atoms with E-state index in [4.69, 9.17) is 10.2 Å². The number of hydrogen-bond donors (Lipinski definition) is 2. The van der Waals surface area contributed by atoms with Crippen LogP contribution < -0.4 is 0 Å². The zero-order valence-corrected chi connectivity index (χ0v) is 10.4. The van der Waals surface area contributed by atoms with Crippen molar-refractivity contribution in [1.82, 2.24) is 0 Å². The number of carboxylic acids is 1. The summed E-state index contributed by atoms with van der Waals surface area (Å²) in [5.41, 5.74) is 0. The van der Waals surface area contributed by atoms with E-state index in [1.807, 2.05) is 0 Å². The molecule has 1 saturated heterocycles. The van der Waals surface area contributed by atoms with E-state index in [9.17, 15) is 4.79 Å². The van der Waals surface area contributed by atoms with E-state index in [-0.39, 0.29) is 12.5 Å². The van der Waals surface area contributed by atoms with Gasteiger partial charge in [0, 0.05) is 18.8 Å². The Morgan fingerprint density at radius 2 is 1.94 bits per heavy atom. The maximum Gasteiger partial charge on any atom is 0.306 e. The summed E-state index contributed by atoms with van der Waals surface area (Å²) in [4.78, 5) is 10.9. The third-order valence-electron chi connectivity index (χ3n) is 3.58. The van der Waals surface area contributed by atoms with Gasteiger partial charge in [0.2, 0.25) is 0 Å². The van der Waals surface area contributed by atoms with Gasteiger partial charge in [0.05, 0.1) is 32.2 Å². The van der Waals surface area contributed by atoms with Gasteiger partial charge in [-0.05, 0) is 0 Å². The third-order valence-corrected chi connectivity index (χ3v) is 3.58. The number of rotatable bonds is 5. The van der Waals surface area contributed by atoms with E-state index < -0.39 is 5.97 Å². The molecule has 4 heteroatoms. The maximum absolute atomic E-state index is 10.9. The lowest BCUT2D eigenvalue weighted by Crippen LogP contribution is -2.56. The SMILES string of the molecule is CC(C)C[N+]1(CCO)CCC(C(=O)O)CC1. The van der Waals surface area contributed by atoms with Crippen molar-refractivity contribution in [3.63, 3.8) is 0 Å². The first-order valence-electron chi connectivity index (χ1n) is 6.18. The molecule has 2 N–H and O–H groups in total. The highest BCUT2D eigenvalue weighted by atomic mass is 16.4.